The van der Waals surface area contributed by atoms with Gasteiger partial charge in [0.25, 0.3) is 5.91 Å². The van der Waals surface area contributed by atoms with Gasteiger partial charge in [-0.05, 0) is 55.3 Å². The molecule has 0 saturated carbocycles. The molecule has 4 aromatic rings. The van der Waals surface area contributed by atoms with E-state index in [0.29, 0.717) is 40.8 Å². The number of hydrogen-bond donors (Lipinski definition) is 1. The van der Waals surface area contributed by atoms with Gasteiger partial charge in [-0.1, -0.05) is 12.1 Å². The summed E-state index contributed by atoms with van der Waals surface area (Å²) in [6.45, 7) is 4.10. The van der Waals surface area contributed by atoms with Crippen molar-refractivity contribution in [2.24, 2.45) is 0 Å². The van der Waals surface area contributed by atoms with Crippen molar-refractivity contribution in [2.45, 2.75) is 45.6 Å². The molecule has 2 aromatic heterocycles. The molecule has 10 nitrogen and oxygen atoms in total. The highest BCUT2D eigenvalue weighted by Crippen LogP contribution is 2.30. The lowest BCUT2D eigenvalue weighted by atomic mass is 10.0. The Morgan fingerprint density at radius 3 is 2.64 bits per heavy atom. The van der Waals surface area contributed by atoms with Gasteiger partial charge in [0.05, 0.1) is 18.9 Å². The number of likely N-dealkylation sites (tertiary alicyclic amines) is 1. The van der Waals surface area contributed by atoms with Gasteiger partial charge in [0.2, 0.25) is 11.8 Å². The minimum Gasteiger partial charge on any atom is -0.337 e. The molecule has 1 fully saturated rings. The second-order valence-electron chi connectivity index (χ2n) is 10.7. The lowest BCUT2D eigenvalue weighted by molar-refractivity contribution is -0.137. The van der Waals surface area contributed by atoms with Gasteiger partial charge in [-0.3, -0.25) is 19.2 Å². The van der Waals surface area contributed by atoms with Crippen LogP contribution in [0.2, 0.25) is 0 Å². The summed E-state index contributed by atoms with van der Waals surface area (Å²) in [5, 5.41) is 11.2. The largest absolute Gasteiger partial charge is 0.337 e. The Morgan fingerprint density at radius 2 is 1.90 bits per heavy atom. The molecule has 1 saturated heterocycles. The lowest BCUT2D eigenvalue weighted by Gasteiger charge is -2.24. The molecule has 42 heavy (non-hydrogen) atoms. The summed E-state index contributed by atoms with van der Waals surface area (Å²) in [6.07, 6.45) is 3.36. The number of benzene rings is 2. The second-order valence-corrected chi connectivity index (χ2v) is 10.7. The van der Waals surface area contributed by atoms with Crippen molar-refractivity contribution in [3.63, 3.8) is 0 Å². The molecule has 3 amide bonds. The summed E-state index contributed by atoms with van der Waals surface area (Å²) in [5.41, 5.74) is 4.63. The van der Waals surface area contributed by atoms with Gasteiger partial charge in [-0.25, -0.2) is 4.39 Å². The third-order valence-corrected chi connectivity index (χ3v) is 7.99. The number of rotatable bonds is 7. The zero-order chi connectivity index (χ0) is 29.5. The van der Waals surface area contributed by atoms with Crippen LogP contribution in [0.5, 0.6) is 0 Å². The molecule has 0 bridgehead atoms. The van der Waals surface area contributed by atoms with E-state index in [1.54, 1.807) is 46.3 Å². The van der Waals surface area contributed by atoms with Crippen molar-refractivity contribution in [3.05, 3.63) is 77.7 Å². The Balaban J connectivity index is 1.22. The maximum Gasteiger partial charge on any atom is 0.254 e. The van der Waals surface area contributed by atoms with E-state index in [4.69, 9.17) is 0 Å². The molecule has 4 heterocycles. The first kappa shape index (κ1) is 27.3. The number of anilines is 1. The number of fused-ring (bicyclic) bond motifs is 2. The molecule has 2 atom stereocenters. The predicted molar refractivity (Wildman–Crippen MR) is 153 cm³/mol. The first-order valence-corrected chi connectivity index (χ1v) is 13.8. The quantitative estimate of drug-likeness (QED) is 0.339. The normalized spacial score (nSPS) is 18.0. The van der Waals surface area contributed by atoms with E-state index in [9.17, 15) is 23.6 Å². The number of Topliss-reactive ketones (excluding diaryl/α,β-unsaturated/α-hetero) is 1. The van der Waals surface area contributed by atoms with Crippen LogP contribution >= 0.6 is 0 Å². The van der Waals surface area contributed by atoms with Gasteiger partial charge < -0.3 is 19.7 Å². The number of alkyl halides is 1. The van der Waals surface area contributed by atoms with Crippen LogP contribution in [0.1, 0.15) is 46.5 Å². The number of halogens is 1. The summed E-state index contributed by atoms with van der Waals surface area (Å²) in [7, 11) is 0. The Kier molecular flexibility index (Phi) is 7.01. The Bertz CT molecular complexity index is 1740. The number of amides is 3. The van der Waals surface area contributed by atoms with Crippen LogP contribution in [0.15, 0.2) is 61.1 Å². The van der Waals surface area contributed by atoms with E-state index in [1.807, 2.05) is 31.2 Å². The van der Waals surface area contributed by atoms with Gasteiger partial charge >= 0.3 is 0 Å². The molecule has 0 spiro atoms. The third kappa shape index (κ3) is 4.91. The second kappa shape index (κ2) is 10.8. The smallest absolute Gasteiger partial charge is 0.254 e. The summed E-state index contributed by atoms with van der Waals surface area (Å²) < 4.78 is 16.3. The monoisotopic (exact) mass is 568 g/mol. The van der Waals surface area contributed by atoms with E-state index in [0.717, 1.165) is 16.7 Å². The van der Waals surface area contributed by atoms with Gasteiger partial charge in [0.15, 0.2) is 5.78 Å². The fourth-order valence-electron chi connectivity index (χ4n) is 5.81. The number of ketones is 1. The summed E-state index contributed by atoms with van der Waals surface area (Å²) in [4.78, 5) is 54.8. The first-order chi connectivity index (χ1) is 20.2. The van der Waals surface area contributed by atoms with Gasteiger partial charge in [-0.15, -0.1) is 0 Å². The molecule has 214 valence electrons. The van der Waals surface area contributed by atoms with Crippen LogP contribution in [0.25, 0.3) is 22.0 Å². The van der Waals surface area contributed by atoms with E-state index < -0.39 is 24.0 Å². The number of carbonyl (C=O) groups excluding carboxylic acids is 4. The molecule has 6 rings (SSSR count). The molecule has 2 aliphatic rings. The maximum atomic E-state index is 14.6. The van der Waals surface area contributed by atoms with Gasteiger partial charge in [-0.2, -0.15) is 10.2 Å². The van der Waals surface area contributed by atoms with E-state index >= 15 is 0 Å². The van der Waals surface area contributed by atoms with Crippen LogP contribution in [-0.2, 0) is 22.7 Å². The fourth-order valence-corrected chi connectivity index (χ4v) is 5.81. The van der Waals surface area contributed by atoms with Crippen molar-refractivity contribution in [1.29, 1.82) is 0 Å². The van der Waals surface area contributed by atoms with Gasteiger partial charge in [0, 0.05) is 59.0 Å². The summed E-state index contributed by atoms with van der Waals surface area (Å²) in [6, 6.07) is 11.5. The molecule has 2 aliphatic heterocycles. The van der Waals surface area contributed by atoms with Crippen LogP contribution < -0.4 is 5.32 Å². The molecule has 11 heteroatoms. The van der Waals surface area contributed by atoms with Crippen LogP contribution in [0.4, 0.5) is 10.1 Å². The molecular weight excluding hydrogens is 539 g/mol. The van der Waals surface area contributed by atoms with Crippen molar-refractivity contribution in [1.82, 2.24) is 24.6 Å². The highest BCUT2D eigenvalue weighted by Gasteiger charge is 2.40. The zero-order valence-electron chi connectivity index (χ0n) is 23.2. The Labute approximate surface area is 241 Å². The van der Waals surface area contributed by atoms with Crippen LogP contribution in [-0.4, -0.2) is 73.4 Å². The Morgan fingerprint density at radius 1 is 1.07 bits per heavy atom. The minimum atomic E-state index is -1.35. The highest BCUT2D eigenvalue weighted by atomic mass is 19.1. The fraction of sp³-hybridized carbons (Fsp3) is 0.290. The average molecular weight is 569 g/mol. The zero-order valence-corrected chi connectivity index (χ0v) is 23.2. The molecule has 0 aliphatic carbocycles. The average Bonchev–Trinajstić information content (AvgIpc) is 3.66. The number of hydrogen-bond acceptors (Lipinski definition) is 6. The number of aromatic nitrogens is 3. The molecule has 0 unspecified atom stereocenters. The molecule has 0 radical (unpaired) electrons. The standard InChI is InChI=1S/C31H29FN6O4/c1-3-36-14-21-4-6-23(12-24(21)31(36)42)35-30(41)28-11-22(32)15-38(28)29(40)17-37-16-26(18(2)39)25-10-19(5-7-27(25)37)20-8-9-33-34-13-20/h4-10,12-13,16,22,28H,3,11,14-15,17H2,1-2H3,(H,35,41)/t22-,28+/m1/s1. The predicted octanol–water partition coefficient (Wildman–Crippen LogP) is 3.85. The topological polar surface area (TPSA) is 118 Å². The van der Waals surface area contributed by atoms with E-state index in [2.05, 4.69) is 15.5 Å². The number of nitrogens with one attached hydrogen (secondary N) is 1. The van der Waals surface area contributed by atoms with Crippen molar-refractivity contribution in [3.8, 4) is 11.1 Å². The summed E-state index contributed by atoms with van der Waals surface area (Å²) >= 11 is 0. The first-order valence-electron chi connectivity index (χ1n) is 13.8. The number of carbonyl (C=O) groups is 4. The van der Waals surface area contributed by atoms with E-state index in [-0.39, 0.29) is 31.2 Å². The molecule has 1 N–H and O–H groups in total. The highest BCUT2D eigenvalue weighted by molar-refractivity contribution is 6.08. The lowest BCUT2D eigenvalue weighted by Crippen LogP contribution is -2.44. The SMILES string of the molecule is CCN1Cc2ccc(NC(=O)[C@@H]3C[C@@H](F)CN3C(=O)Cn3cc(C(C)=O)c4cc(-c5ccnnc5)ccc43)cc2C1=O. The third-order valence-electron chi connectivity index (χ3n) is 7.99. The van der Waals surface area contributed by atoms with Crippen molar-refractivity contribution in [2.75, 3.05) is 18.4 Å². The van der Waals surface area contributed by atoms with Crippen molar-refractivity contribution >= 4 is 40.1 Å². The molecular formula is C31H29FN6O4. The van der Waals surface area contributed by atoms with Crippen LogP contribution in [0, 0.1) is 0 Å². The van der Waals surface area contributed by atoms with E-state index in [1.165, 1.54) is 11.8 Å². The molecule has 2 aromatic carbocycles. The van der Waals surface area contributed by atoms with Crippen LogP contribution in [0.3, 0.4) is 0 Å². The number of nitrogens with zero attached hydrogens (tertiary/aromatic N) is 5. The maximum absolute atomic E-state index is 14.6. The summed E-state index contributed by atoms with van der Waals surface area (Å²) in [5.74, 6) is -1.21. The van der Waals surface area contributed by atoms with Gasteiger partial charge in [0.1, 0.15) is 18.8 Å². The van der Waals surface area contributed by atoms with Crippen molar-refractivity contribution < 1.29 is 23.6 Å². The Hall–Kier alpha value is -4.93. The minimum absolute atomic E-state index is 0.0986.